The van der Waals surface area contributed by atoms with E-state index in [-0.39, 0.29) is 0 Å². The molecule has 0 radical (unpaired) electrons. The molecule has 1 aromatic carbocycles. The van der Waals surface area contributed by atoms with Crippen LogP contribution in [0.25, 0.3) is 5.57 Å². The highest BCUT2D eigenvalue weighted by atomic mass is 16.5. The Balaban J connectivity index is 3.40. The Morgan fingerprint density at radius 2 is 1.87 bits per heavy atom. The smallest absolute Gasteiger partial charge is 0.130 e. The molecule has 0 atom stereocenters. The fourth-order valence-electron chi connectivity index (χ4n) is 1.41. The van der Waals surface area contributed by atoms with Gasteiger partial charge >= 0.3 is 0 Å². The van der Waals surface area contributed by atoms with Crippen LogP contribution in [0.4, 0.5) is 0 Å². The third-order valence-electron chi connectivity index (χ3n) is 2.15. The molecule has 2 N–H and O–H groups in total. The molecule has 0 aliphatic rings. The van der Waals surface area contributed by atoms with Gasteiger partial charge in [-0.05, 0) is 12.1 Å². The van der Waals surface area contributed by atoms with Gasteiger partial charge in [0.15, 0.2) is 0 Å². The van der Waals surface area contributed by atoms with Gasteiger partial charge in [-0.2, -0.15) is 0 Å². The van der Waals surface area contributed by atoms with E-state index in [0.29, 0.717) is 18.0 Å². The number of nitrogens with two attached hydrogens (primary N) is 1. The lowest BCUT2D eigenvalue weighted by Gasteiger charge is -2.13. The van der Waals surface area contributed by atoms with Gasteiger partial charge < -0.3 is 15.2 Å². The molecular formula is C12H15NO2. The van der Waals surface area contributed by atoms with Gasteiger partial charge in [0.2, 0.25) is 0 Å². The molecule has 0 spiro atoms. The lowest BCUT2D eigenvalue weighted by Crippen LogP contribution is -2.04. The van der Waals surface area contributed by atoms with E-state index in [1.807, 2.05) is 18.2 Å². The first-order valence-electron chi connectivity index (χ1n) is 4.58. The molecule has 0 aliphatic heterocycles. The average molecular weight is 205 g/mol. The van der Waals surface area contributed by atoms with Crippen molar-refractivity contribution in [1.29, 1.82) is 0 Å². The van der Waals surface area contributed by atoms with E-state index >= 15 is 0 Å². The summed E-state index contributed by atoms with van der Waals surface area (Å²) < 4.78 is 10.5. The number of benzene rings is 1. The zero-order valence-electron chi connectivity index (χ0n) is 9.04. The van der Waals surface area contributed by atoms with Gasteiger partial charge in [0.1, 0.15) is 11.5 Å². The van der Waals surface area contributed by atoms with Gasteiger partial charge in [-0.15, -0.1) is 5.73 Å². The van der Waals surface area contributed by atoms with E-state index in [4.69, 9.17) is 15.2 Å². The Labute approximate surface area is 89.8 Å². The van der Waals surface area contributed by atoms with Crippen molar-refractivity contribution in [3.63, 3.8) is 0 Å². The topological polar surface area (TPSA) is 44.5 Å². The molecule has 0 fully saturated rings. The lowest BCUT2D eigenvalue weighted by molar-refractivity contribution is 0.392. The molecule has 0 unspecified atom stereocenters. The quantitative estimate of drug-likeness (QED) is 0.763. The van der Waals surface area contributed by atoms with Crippen LogP contribution in [-0.4, -0.2) is 20.8 Å². The molecule has 0 bridgehead atoms. The second-order valence-corrected chi connectivity index (χ2v) is 2.90. The van der Waals surface area contributed by atoms with Gasteiger partial charge in [-0.3, -0.25) is 0 Å². The van der Waals surface area contributed by atoms with Crippen molar-refractivity contribution in [2.24, 2.45) is 5.73 Å². The van der Waals surface area contributed by atoms with Crippen molar-refractivity contribution in [3.05, 3.63) is 36.1 Å². The second-order valence-electron chi connectivity index (χ2n) is 2.90. The molecule has 80 valence electrons. The van der Waals surface area contributed by atoms with Crippen molar-refractivity contribution in [2.45, 2.75) is 0 Å². The maximum Gasteiger partial charge on any atom is 0.130 e. The van der Waals surface area contributed by atoms with Gasteiger partial charge in [-0.25, -0.2) is 0 Å². The minimum Gasteiger partial charge on any atom is -0.496 e. The molecule has 3 heteroatoms. The summed E-state index contributed by atoms with van der Waals surface area (Å²) in [6.45, 7) is 3.95. The Bertz CT molecular complexity index is 370. The van der Waals surface area contributed by atoms with Crippen LogP contribution in [0.2, 0.25) is 0 Å². The van der Waals surface area contributed by atoms with Crippen LogP contribution in [0.1, 0.15) is 5.56 Å². The van der Waals surface area contributed by atoms with Crippen LogP contribution in [0.5, 0.6) is 11.5 Å². The van der Waals surface area contributed by atoms with E-state index in [1.54, 1.807) is 14.2 Å². The van der Waals surface area contributed by atoms with Crippen molar-refractivity contribution < 1.29 is 9.47 Å². The summed E-state index contributed by atoms with van der Waals surface area (Å²) in [6.07, 6.45) is 0. The van der Waals surface area contributed by atoms with Gasteiger partial charge in [-0.1, -0.05) is 12.6 Å². The van der Waals surface area contributed by atoms with Crippen LogP contribution < -0.4 is 15.2 Å². The summed E-state index contributed by atoms with van der Waals surface area (Å²) in [5.74, 6) is 1.43. The minimum atomic E-state index is 0.347. The zero-order valence-corrected chi connectivity index (χ0v) is 9.04. The SMILES string of the molecule is C=C=C(CN)c1c(OC)cccc1OC. The normalized spacial score (nSPS) is 9.27. The molecule has 1 aromatic rings. The predicted molar refractivity (Wildman–Crippen MR) is 61.1 cm³/mol. The summed E-state index contributed by atoms with van der Waals surface area (Å²) >= 11 is 0. The zero-order chi connectivity index (χ0) is 11.3. The number of hydrogen-bond acceptors (Lipinski definition) is 3. The molecule has 0 aromatic heterocycles. The first-order valence-corrected chi connectivity index (χ1v) is 4.58. The van der Waals surface area contributed by atoms with Crippen LogP contribution in [0.15, 0.2) is 30.5 Å². The van der Waals surface area contributed by atoms with E-state index < -0.39 is 0 Å². The summed E-state index contributed by atoms with van der Waals surface area (Å²) in [4.78, 5) is 0. The van der Waals surface area contributed by atoms with Crippen LogP contribution in [0.3, 0.4) is 0 Å². The first kappa shape index (κ1) is 11.4. The van der Waals surface area contributed by atoms with Crippen LogP contribution in [0, 0.1) is 0 Å². The second kappa shape index (κ2) is 5.25. The van der Waals surface area contributed by atoms with Gasteiger partial charge in [0, 0.05) is 12.1 Å². The van der Waals surface area contributed by atoms with Crippen LogP contribution >= 0.6 is 0 Å². The first-order chi connectivity index (χ1) is 7.28. The number of hydrogen-bond donors (Lipinski definition) is 1. The van der Waals surface area contributed by atoms with E-state index in [1.165, 1.54) is 0 Å². The summed E-state index contributed by atoms with van der Waals surface area (Å²) in [6, 6.07) is 5.56. The van der Waals surface area contributed by atoms with Crippen molar-refractivity contribution in [3.8, 4) is 11.5 Å². The Morgan fingerprint density at radius 1 is 1.33 bits per heavy atom. The van der Waals surface area contributed by atoms with Gasteiger partial charge in [0.05, 0.1) is 19.8 Å². The highest BCUT2D eigenvalue weighted by Crippen LogP contribution is 2.33. The standard InChI is InChI=1S/C12H15NO2/c1-4-9(8-13)12-10(14-2)6-5-7-11(12)15-3/h5-7H,1,8,13H2,2-3H3. The van der Waals surface area contributed by atoms with Gasteiger partial charge in [0.25, 0.3) is 0 Å². The third-order valence-corrected chi connectivity index (χ3v) is 2.15. The Kier molecular flexibility index (Phi) is 3.98. The molecule has 0 saturated heterocycles. The van der Waals surface area contributed by atoms with Crippen molar-refractivity contribution >= 4 is 5.57 Å². The highest BCUT2D eigenvalue weighted by Gasteiger charge is 2.12. The lowest BCUT2D eigenvalue weighted by atomic mass is 10.0. The molecule has 0 amide bonds. The molecule has 3 nitrogen and oxygen atoms in total. The monoisotopic (exact) mass is 205 g/mol. The molecule has 0 saturated carbocycles. The number of methoxy groups -OCH3 is 2. The van der Waals surface area contributed by atoms with E-state index in [0.717, 1.165) is 11.1 Å². The summed E-state index contributed by atoms with van der Waals surface area (Å²) in [5, 5.41) is 0. The van der Waals surface area contributed by atoms with E-state index in [2.05, 4.69) is 12.3 Å². The molecule has 1 rings (SSSR count). The Hall–Kier alpha value is -1.70. The maximum absolute atomic E-state index is 5.61. The van der Waals surface area contributed by atoms with E-state index in [9.17, 15) is 0 Å². The largest absolute Gasteiger partial charge is 0.496 e. The Morgan fingerprint density at radius 3 is 2.20 bits per heavy atom. The summed E-state index contributed by atoms with van der Waals surface area (Å²) in [7, 11) is 3.21. The minimum absolute atomic E-state index is 0.347. The van der Waals surface area contributed by atoms with Crippen molar-refractivity contribution in [2.75, 3.05) is 20.8 Å². The molecule has 0 heterocycles. The predicted octanol–water partition coefficient (Wildman–Crippen LogP) is 1.83. The average Bonchev–Trinajstić information content (AvgIpc) is 2.30. The van der Waals surface area contributed by atoms with Crippen molar-refractivity contribution in [1.82, 2.24) is 0 Å². The molecule has 0 aliphatic carbocycles. The number of ether oxygens (including phenoxy) is 2. The maximum atomic E-state index is 5.61. The molecule has 15 heavy (non-hydrogen) atoms. The molecular weight excluding hydrogens is 190 g/mol. The third kappa shape index (κ3) is 2.21. The fourth-order valence-corrected chi connectivity index (χ4v) is 1.41. The van der Waals surface area contributed by atoms with Crippen LogP contribution in [-0.2, 0) is 0 Å². The highest BCUT2D eigenvalue weighted by molar-refractivity contribution is 5.75. The number of rotatable bonds is 4. The fraction of sp³-hybridized carbons (Fsp3) is 0.250. The summed E-state index contributed by atoms with van der Waals surface area (Å²) in [5.41, 5.74) is 10.0.